The lowest BCUT2D eigenvalue weighted by Gasteiger charge is -2.09. The third kappa shape index (κ3) is 4.88. The van der Waals surface area contributed by atoms with Gasteiger partial charge in [0.25, 0.3) is 11.2 Å². The van der Waals surface area contributed by atoms with Crippen LogP contribution in [0, 0.1) is 10.1 Å². The zero-order chi connectivity index (χ0) is 24.9. The monoisotopic (exact) mass is 476 g/mol. The van der Waals surface area contributed by atoms with Gasteiger partial charge in [-0.25, -0.2) is 4.98 Å². The molecule has 8 heteroatoms. The van der Waals surface area contributed by atoms with Crippen molar-refractivity contribution in [3.05, 3.63) is 135 Å². The number of hydrogen-bond acceptors (Lipinski definition) is 6. The number of nitrogens with zero attached hydrogens (tertiary/aromatic N) is 4. The molecule has 0 amide bonds. The van der Waals surface area contributed by atoms with E-state index in [1.54, 1.807) is 42.6 Å². The summed E-state index contributed by atoms with van der Waals surface area (Å²) in [4.78, 5) is 28.3. The van der Waals surface area contributed by atoms with Gasteiger partial charge in [-0.15, -0.1) is 0 Å². The predicted octanol–water partition coefficient (Wildman–Crippen LogP) is 5.43. The summed E-state index contributed by atoms with van der Waals surface area (Å²) in [6.07, 6.45) is 1.60. The van der Waals surface area contributed by atoms with E-state index >= 15 is 0 Å². The van der Waals surface area contributed by atoms with Crippen LogP contribution in [0.25, 0.3) is 22.3 Å². The fourth-order valence-electron chi connectivity index (χ4n) is 3.66. The van der Waals surface area contributed by atoms with E-state index < -0.39 is 4.92 Å². The van der Waals surface area contributed by atoms with Gasteiger partial charge in [-0.05, 0) is 59.7 Å². The molecule has 0 unspecified atom stereocenters. The maximum absolute atomic E-state index is 13.2. The van der Waals surface area contributed by atoms with Gasteiger partial charge >= 0.3 is 0 Å². The van der Waals surface area contributed by atoms with Gasteiger partial charge < -0.3 is 4.74 Å². The van der Waals surface area contributed by atoms with Crippen molar-refractivity contribution < 1.29 is 9.66 Å². The summed E-state index contributed by atoms with van der Waals surface area (Å²) in [5.41, 5.74) is 2.78. The number of rotatable bonds is 7. The maximum atomic E-state index is 13.2. The van der Waals surface area contributed by atoms with Gasteiger partial charge in [-0.2, -0.15) is 9.78 Å². The van der Waals surface area contributed by atoms with Gasteiger partial charge in [0.15, 0.2) is 5.82 Å². The quantitative estimate of drug-likeness (QED) is 0.177. The molecule has 0 N–H and O–H groups in total. The van der Waals surface area contributed by atoms with E-state index in [9.17, 15) is 14.9 Å². The van der Waals surface area contributed by atoms with Crippen LogP contribution in [0.2, 0.25) is 0 Å². The fourth-order valence-corrected chi connectivity index (χ4v) is 3.66. The van der Waals surface area contributed by atoms with Gasteiger partial charge in [0.1, 0.15) is 12.4 Å². The summed E-state index contributed by atoms with van der Waals surface area (Å²) in [6, 6.07) is 30.1. The molecule has 0 radical (unpaired) electrons. The minimum atomic E-state index is -0.435. The topological polar surface area (TPSA) is 99.6 Å². The Morgan fingerprint density at radius 1 is 0.889 bits per heavy atom. The van der Waals surface area contributed by atoms with Crippen molar-refractivity contribution >= 4 is 22.8 Å². The number of nitro benzene ring substituents is 1. The Balaban J connectivity index is 1.37. The summed E-state index contributed by atoms with van der Waals surface area (Å²) < 4.78 is 7.09. The first-order chi connectivity index (χ1) is 17.6. The van der Waals surface area contributed by atoms with E-state index in [1.165, 1.54) is 16.8 Å². The Morgan fingerprint density at radius 3 is 2.31 bits per heavy atom. The third-order valence-corrected chi connectivity index (χ3v) is 5.54. The lowest BCUT2D eigenvalue weighted by atomic mass is 10.2. The second-order valence-electron chi connectivity index (χ2n) is 7.96. The Hall–Kier alpha value is -5.11. The zero-order valence-corrected chi connectivity index (χ0v) is 19.0. The van der Waals surface area contributed by atoms with Crippen LogP contribution in [0.1, 0.15) is 11.1 Å². The number of benzene rings is 4. The molecule has 176 valence electrons. The highest BCUT2D eigenvalue weighted by atomic mass is 16.6. The summed E-state index contributed by atoms with van der Waals surface area (Å²) >= 11 is 0. The SMILES string of the molecule is O=c1c2ccccc2nc(-c2ccccc2)n1N=Cc1ccc(OCc2ccc([N+](=O)[O-])cc2)cc1. The van der Waals surface area contributed by atoms with Gasteiger partial charge in [0.2, 0.25) is 0 Å². The highest BCUT2D eigenvalue weighted by Crippen LogP contribution is 2.19. The Kier molecular flexibility index (Phi) is 6.31. The highest BCUT2D eigenvalue weighted by molar-refractivity contribution is 5.82. The Bertz CT molecular complexity index is 1610. The normalized spacial score (nSPS) is 11.1. The molecule has 0 aliphatic rings. The molecule has 0 atom stereocenters. The van der Waals surface area contributed by atoms with Gasteiger partial charge in [-0.3, -0.25) is 14.9 Å². The van der Waals surface area contributed by atoms with Crippen molar-refractivity contribution in [3.8, 4) is 17.1 Å². The average molecular weight is 476 g/mol. The molecule has 36 heavy (non-hydrogen) atoms. The summed E-state index contributed by atoms with van der Waals surface area (Å²) in [6.45, 7) is 0.282. The highest BCUT2D eigenvalue weighted by Gasteiger charge is 2.12. The van der Waals surface area contributed by atoms with Crippen molar-refractivity contribution in [1.82, 2.24) is 9.66 Å². The van der Waals surface area contributed by atoms with Crippen LogP contribution in [0.3, 0.4) is 0 Å². The Labute approximate surface area is 205 Å². The molecular formula is C28H20N4O4. The molecule has 0 saturated carbocycles. The van der Waals surface area contributed by atoms with E-state index in [0.29, 0.717) is 22.5 Å². The minimum Gasteiger partial charge on any atom is -0.489 e. The number of para-hydroxylation sites is 1. The van der Waals surface area contributed by atoms with E-state index in [0.717, 1.165) is 16.7 Å². The zero-order valence-electron chi connectivity index (χ0n) is 19.0. The van der Waals surface area contributed by atoms with E-state index in [1.807, 2.05) is 54.6 Å². The van der Waals surface area contributed by atoms with Crippen LogP contribution in [0.4, 0.5) is 5.69 Å². The lowest BCUT2D eigenvalue weighted by Crippen LogP contribution is -2.20. The Morgan fingerprint density at radius 2 is 1.58 bits per heavy atom. The molecule has 1 aromatic heterocycles. The van der Waals surface area contributed by atoms with Gasteiger partial charge in [-0.1, -0.05) is 42.5 Å². The van der Waals surface area contributed by atoms with Crippen LogP contribution in [-0.2, 0) is 6.61 Å². The molecule has 0 spiro atoms. The molecule has 0 saturated heterocycles. The maximum Gasteiger partial charge on any atom is 0.282 e. The van der Waals surface area contributed by atoms with Crippen molar-refractivity contribution in [3.63, 3.8) is 0 Å². The molecular weight excluding hydrogens is 456 g/mol. The number of hydrogen-bond donors (Lipinski definition) is 0. The van der Waals surface area contributed by atoms with Crippen LogP contribution < -0.4 is 10.3 Å². The first-order valence-corrected chi connectivity index (χ1v) is 11.2. The van der Waals surface area contributed by atoms with Gasteiger partial charge in [0.05, 0.1) is 22.0 Å². The first-order valence-electron chi connectivity index (χ1n) is 11.2. The van der Waals surface area contributed by atoms with Crippen LogP contribution >= 0.6 is 0 Å². The first kappa shape index (κ1) is 22.7. The molecule has 5 rings (SSSR count). The number of aromatic nitrogens is 2. The second kappa shape index (κ2) is 10.0. The standard InChI is InChI=1S/C28H20N4O4/c33-28-25-8-4-5-9-26(25)30-27(22-6-2-1-3-7-22)31(28)29-18-20-12-16-24(17-13-20)36-19-21-10-14-23(15-11-21)32(34)35/h1-18H,19H2. The van der Waals surface area contributed by atoms with E-state index in [-0.39, 0.29) is 17.9 Å². The summed E-state index contributed by atoms with van der Waals surface area (Å²) in [5.74, 6) is 1.10. The lowest BCUT2D eigenvalue weighted by molar-refractivity contribution is -0.384. The molecule has 0 aliphatic heterocycles. The molecule has 8 nitrogen and oxygen atoms in total. The van der Waals surface area contributed by atoms with Crippen molar-refractivity contribution in [1.29, 1.82) is 0 Å². The number of fused-ring (bicyclic) bond motifs is 1. The minimum absolute atomic E-state index is 0.0403. The smallest absolute Gasteiger partial charge is 0.282 e. The number of non-ortho nitro benzene ring substituents is 1. The van der Waals surface area contributed by atoms with Crippen molar-refractivity contribution in [2.45, 2.75) is 6.61 Å². The van der Waals surface area contributed by atoms with Crippen LogP contribution in [0.15, 0.2) is 113 Å². The van der Waals surface area contributed by atoms with Crippen molar-refractivity contribution in [2.75, 3.05) is 0 Å². The number of nitro groups is 1. The van der Waals surface area contributed by atoms with Crippen LogP contribution in [0.5, 0.6) is 5.75 Å². The molecule has 0 bridgehead atoms. The molecule has 0 aliphatic carbocycles. The molecule has 0 fully saturated rings. The molecule has 5 aromatic rings. The third-order valence-electron chi connectivity index (χ3n) is 5.54. The van der Waals surface area contributed by atoms with E-state index in [2.05, 4.69) is 5.10 Å². The van der Waals surface area contributed by atoms with Gasteiger partial charge in [0, 0.05) is 17.7 Å². The van der Waals surface area contributed by atoms with E-state index in [4.69, 9.17) is 9.72 Å². The average Bonchev–Trinajstić information content (AvgIpc) is 2.92. The molecule has 4 aromatic carbocycles. The predicted molar refractivity (Wildman–Crippen MR) is 138 cm³/mol. The fraction of sp³-hybridized carbons (Fsp3) is 0.0357. The number of ether oxygens (including phenoxy) is 1. The summed E-state index contributed by atoms with van der Waals surface area (Å²) in [5, 5.41) is 15.7. The van der Waals surface area contributed by atoms with Crippen LogP contribution in [-0.4, -0.2) is 20.8 Å². The van der Waals surface area contributed by atoms with Crippen molar-refractivity contribution in [2.24, 2.45) is 5.10 Å². The molecule has 1 heterocycles. The summed E-state index contributed by atoms with van der Waals surface area (Å²) in [7, 11) is 0. The second-order valence-corrected chi connectivity index (χ2v) is 7.96. The largest absolute Gasteiger partial charge is 0.489 e.